The summed E-state index contributed by atoms with van der Waals surface area (Å²) < 4.78 is 0. The van der Waals surface area contributed by atoms with Crippen LogP contribution in [0.1, 0.15) is 32.3 Å². The van der Waals surface area contributed by atoms with Gasteiger partial charge in [0.2, 0.25) is 0 Å². The topological polar surface area (TPSA) is 58.0 Å². The minimum absolute atomic E-state index is 0.0180. The maximum atomic E-state index is 4.69. The summed E-state index contributed by atoms with van der Waals surface area (Å²) in [6.45, 7) is 12.2. The molecule has 0 bridgehead atoms. The largest absolute Gasteiger partial charge is 0.353 e. The van der Waals surface area contributed by atoms with Crippen molar-refractivity contribution in [1.82, 2.24) is 19.9 Å². The number of benzene rings is 1. The number of piperazine rings is 1. The van der Waals surface area contributed by atoms with E-state index in [1.165, 1.54) is 0 Å². The maximum Gasteiger partial charge on any atom is 0.140 e. The summed E-state index contributed by atoms with van der Waals surface area (Å²) in [6.07, 6.45) is 1.66. The van der Waals surface area contributed by atoms with E-state index in [4.69, 9.17) is 0 Å². The first kappa shape index (κ1) is 17.6. The zero-order valence-corrected chi connectivity index (χ0v) is 16.5. The van der Waals surface area contributed by atoms with Gasteiger partial charge in [-0.2, -0.15) is 0 Å². The van der Waals surface area contributed by atoms with E-state index < -0.39 is 0 Å². The Balaban J connectivity index is 1.55. The third-order valence-corrected chi connectivity index (χ3v) is 5.02. The lowest BCUT2D eigenvalue weighted by atomic mass is 9.92. The van der Waals surface area contributed by atoms with Crippen LogP contribution < -0.4 is 9.80 Å². The van der Waals surface area contributed by atoms with Crippen LogP contribution in [0.2, 0.25) is 0 Å². The molecule has 27 heavy (non-hydrogen) atoms. The fraction of sp³-hybridized carbons (Fsp3) is 0.429. The Morgan fingerprint density at radius 3 is 2.33 bits per heavy atom. The number of fused-ring (bicyclic) bond motifs is 1. The predicted molar refractivity (Wildman–Crippen MR) is 109 cm³/mol. The number of rotatable bonds is 2. The molecule has 1 aliphatic heterocycles. The van der Waals surface area contributed by atoms with Gasteiger partial charge in [-0.05, 0) is 19.1 Å². The molecule has 1 fully saturated rings. The Labute approximate surface area is 160 Å². The highest BCUT2D eigenvalue weighted by molar-refractivity contribution is 5.89. The van der Waals surface area contributed by atoms with Crippen LogP contribution in [0.5, 0.6) is 0 Å². The van der Waals surface area contributed by atoms with Gasteiger partial charge in [-0.3, -0.25) is 0 Å². The van der Waals surface area contributed by atoms with Crippen molar-refractivity contribution in [2.75, 3.05) is 36.0 Å². The Kier molecular flexibility index (Phi) is 4.42. The molecule has 1 aliphatic rings. The number of nitrogens with zero attached hydrogens (tertiary/aromatic N) is 6. The average Bonchev–Trinajstić information content (AvgIpc) is 2.66. The molecule has 0 aliphatic carbocycles. The minimum atomic E-state index is 0.0180. The zero-order valence-electron chi connectivity index (χ0n) is 16.5. The van der Waals surface area contributed by atoms with Gasteiger partial charge < -0.3 is 9.80 Å². The summed E-state index contributed by atoms with van der Waals surface area (Å²) in [4.78, 5) is 23.0. The second-order valence-electron chi connectivity index (χ2n) is 8.10. The van der Waals surface area contributed by atoms with Crippen molar-refractivity contribution in [3.63, 3.8) is 0 Å². The number of para-hydroxylation sites is 1. The molecule has 6 heteroatoms. The molecule has 6 nitrogen and oxygen atoms in total. The number of hydrogen-bond acceptors (Lipinski definition) is 6. The van der Waals surface area contributed by atoms with Gasteiger partial charge in [-0.25, -0.2) is 19.9 Å². The normalized spacial score (nSPS) is 15.4. The van der Waals surface area contributed by atoms with Gasteiger partial charge in [0, 0.05) is 43.0 Å². The van der Waals surface area contributed by atoms with Crippen molar-refractivity contribution >= 4 is 22.5 Å². The molecular formula is C21H26N6. The van der Waals surface area contributed by atoms with Gasteiger partial charge in [0.25, 0.3) is 0 Å². The van der Waals surface area contributed by atoms with Crippen LogP contribution >= 0.6 is 0 Å². The second kappa shape index (κ2) is 6.76. The van der Waals surface area contributed by atoms with Gasteiger partial charge in [-0.15, -0.1) is 0 Å². The highest BCUT2D eigenvalue weighted by atomic mass is 15.3. The van der Waals surface area contributed by atoms with Crippen molar-refractivity contribution < 1.29 is 0 Å². The highest BCUT2D eigenvalue weighted by Crippen LogP contribution is 2.27. The van der Waals surface area contributed by atoms with Gasteiger partial charge >= 0.3 is 0 Å². The quantitative estimate of drug-likeness (QED) is 0.697. The van der Waals surface area contributed by atoms with Crippen molar-refractivity contribution in [2.45, 2.75) is 33.1 Å². The molecule has 0 N–H and O–H groups in total. The number of aryl methyl sites for hydroxylation is 1. The molecule has 1 aromatic carbocycles. The first-order valence-electron chi connectivity index (χ1n) is 9.47. The second-order valence-corrected chi connectivity index (χ2v) is 8.10. The van der Waals surface area contributed by atoms with Crippen molar-refractivity contribution in [3.8, 4) is 0 Å². The lowest BCUT2D eigenvalue weighted by Gasteiger charge is -2.36. The predicted octanol–water partition coefficient (Wildman–Crippen LogP) is 3.35. The monoisotopic (exact) mass is 362 g/mol. The van der Waals surface area contributed by atoms with Gasteiger partial charge in [0.05, 0.1) is 11.2 Å². The first-order valence-corrected chi connectivity index (χ1v) is 9.47. The third-order valence-electron chi connectivity index (χ3n) is 5.02. The van der Waals surface area contributed by atoms with E-state index in [-0.39, 0.29) is 5.41 Å². The summed E-state index contributed by atoms with van der Waals surface area (Å²) in [6, 6.07) is 10.3. The van der Waals surface area contributed by atoms with Crippen LogP contribution in [-0.2, 0) is 5.41 Å². The number of hydrogen-bond donors (Lipinski definition) is 0. The fourth-order valence-corrected chi connectivity index (χ4v) is 3.49. The lowest BCUT2D eigenvalue weighted by Crippen LogP contribution is -2.47. The molecule has 2 aromatic heterocycles. The van der Waals surface area contributed by atoms with E-state index >= 15 is 0 Å². The standard InChI is InChI=1S/C21H26N6/c1-15-24-18(21(2,3)4)13-19(25-15)26-9-11-27(12-10-26)20-16-7-5-6-8-17(16)22-14-23-20/h5-8,13-14H,9-12H2,1-4H3. The van der Waals surface area contributed by atoms with E-state index in [0.29, 0.717) is 0 Å². The van der Waals surface area contributed by atoms with E-state index in [9.17, 15) is 0 Å². The zero-order chi connectivity index (χ0) is 19.0. The molecular weight excluding hydrogens is 336 g/mol. The van der Waals surface area contributed by atoms with Crippen molar-refractivity contribution in [2.24, 2.45) is 0 Å². The fourth-order valence-electron chi connectivity index (χ4n) is 3.49. The summed E-state index contributed by atoms with van der Waals surface area (Å²) >= 11 is 0. The van der Waals surface area contributed by atoms with Crippen LogP contribution in [0.25, 0.3) is 10.9 Å². The number of anilines is 2. The van der Waals surface area contributed by atoms with Gasteiger partial charge in [0.15, 0.2) is 0 Å². The molecule has 4 rings (SSSR count). The lowest BCUT2D eigenvalue weighted by molar-refractivity contribution is 0.561. The van der Waals surface area contributed by atoms with E-state index in [1.807, 2.05) is 25.1 Å². The van der Waals surface area contributed by atoms with Crippen LogP contribution in [0, 0.1) is 6.92 Å². The molecule has 3 heterocycles. The third kappa shape index (κ3) is 3.56. The molecule has 0 spiro atoms. The molecule has 0 atom stereocenters. The van der Waals surface area contributed by atoms with Crippen molar-refractivity contribution in [1.29, 1.82) is 0 Å². The highest BCUT2D eigenvalue weighted by Gasteiger charge is 2.23. The van der Waals surface area contributed by atoms with E-state index in [2.05, 4.69) is 62.6 Å². The van der Waals surface area contributed by atoms with Crippen LogP contribution in [0.4, 0.5) is 11.6 Å². The van der Waals surface area contributed by atoms with Crippen LogP contribution in [-0.4, -0.2) is 46.1 Å². The Bertz CT molecular complexity index is 949. The van der Waals surface area contributed by atoms with Crippen LogP contribution in [0.3, 0.4) is 0 Å². The molecule has 140 valence electrons. The molecule has 1 saturated heterocycles. The summed E-state index contributed by atoms with van der Waals surface area (Å²) in [5.41, 5.74) is 2.10. The number of aromatic nitrogens is 4. The SMILES string of the molecule is Cc1nc(N2CCN(c3ncnc4ccccc34)CC2)cc(C(C)(C)C)n1. The smallest absolute Gasteiger partial charge is 0.140 e. The average molecular weight is 362 g/mol. The Morgan fingerprint density at radius 1 is 0.889 bits per heavy atom. The summed E-state index contributed by atoms with van der Waals surface area (Å²) in [7, 11) is 0. The molecule has 0 radical (unpaired) electrons. The van der Waals surface area contributed by atoms with Crippen molar-refractivity contribution in [3.05, 3.63) is 48.2 Å². The molecule has 3 aromatic rings. The summed E-state index contributed by atoms with van der Waals surface area (Å²) in [5, 5.41) is 1.11. The molecule has 0 unspecified atom stereocenters. The van der Waals surface area contributed by atoms with Gasteiger partial charge in [0.1, 0.15) is 23.8 Å². The van der Waals surface area contributed by atoms with E-state index in [0.717, 1.165) is 60.2 Å². The Hall–Kier alpha value is -2.76. The van der Waals surface area contributed by atoms with Gasteiger partial charge in [-0.1, -0.05) is 32.9 Å². The maximum absolute atomic E-state index is 4.69. The molecule has 0 amide bonds. The Morgan fingerprint density at radius 2 is 1.59 bits per heavy atom. The first-order chi connectivity index (χ1) is 12.9. The van der Waals surface area contributed by atoms with Crippen LogP contribution in [0.15, 0.2) is 36.7 Å². The molecule has 0 saturated carbocycles. The summed E-state index contributed by atoms with van der Waals surface area (Å²) in [5.74, 6) is 2.88. The minimum Gasteiger partial charge on any atom is -0.353 e. The van der Waals surface area contributed by atoms with E-state index in [1.54, 1.807) is 6.33 Å².